The molecule has 1 fully saturated rings. The number of hydrogen-bond acceptors (Lipinski definition) is 5. The van der Waals surface area contributed by atoms with Gasteiger partial charge in [-0.1, -0.05) is 18.2 Å². The van der Waals surface area contributed by atoms with Crippen molar-refractivity contribution in [3.8, 4) is 5.75 Å². The number of carbonyl (C=O) groups is 1. The molecular formula is C26H28FN3O4S. The van der Waals surface area contributed by atoms with E-state index in [1.165, 1.54) is 24.3 Å². The van der Waals surface area contributed by atoms with Crippen LogP contribution in [0.25, 0.3) is 0 Å². The van der Waals surface area contributed by atoms with E-state index in [2.05, 4.69) is 14.9 Å². The normalized spacial score (nSPS) is 14.9. The zero-order valence-corrected chi connectivity index (χ0v) is 20.2. The summed E-state index contributed by atoms with van der Waals surface area (Å²) in [6, 6.07) is 18.5. The molecule has 0 spiro atoms. The molecule has 1 unspecified atom stereocenters. The lowest BCUT2D eigenvalue weighted by Gasteiger charge is -2.29. The molecule has 0 radical (unpaired) electrons. The van der Waals surface area contributed by atoms with Crippen molar-refractivity contribution in [3.05, 3.63) is 89.7 Å². The van der Waals surface area contributed by atoms with E-state index in [-0.39, 0.29) is 16.8 Å². The van der Waals surface area contributed by atoms with Crippen LogP contribution in [0.5, 0.6) is 5.75 Å². The van der Waals surface area contributed by atoms with Crippen molar-refractivity contribution in [2.75, 3.05) is 31.5 Å². The molecule has 9 heteroatoms. The Morgan fingerprint density at radius 1 is 1.00 bits per heavy atom. The second kappa shape index (κ2) is 10.9. The fourth-order valence-electron chi connectivity index (χ4n) is 4.24. The van der Waals surface area contributed by atoms with Crippen molar-refractivity contribution in [1.29, 1.82) is 0 Å². The third kappa shape index (κ3) is 5.98. The van der Waals surface area contributed by atoms with Crippen LogP contribution in [0.1, 0.15) is 34.8 Å². The molecule has 2 N–H and O–H groups in total. The van der Waals surface area contributed by atoms with Crippen molar-refractivity contribution in [3.63, 3.8) is 0 Å². The summed E-state index contributed by atoms with van der Waals surface area (Å²) in [4.78, 5) is 15.2. The van der Waals surface area contributed by atoms with Gasteiger partial charge in [-0.25, -0.2) is 12.8 Å². The van der Waals surface area contributed by atoms with Crippen LogP contribution in [0.2, 0.25) is 0 Å². The molecule has 1 heterocycles. The summed E-state index contributed by atoms with van der Waals surface area (Å²) in [6.07, 6.45) is 2.24. The monoisotopic (exact) mass is 497 g/mol. The quantitative estimate of drug-likeness (QED) is 0.463. The van der Waals surface area contributed by atoms with Crippen LogP contribution in [0.15, 0.2) is 77.7 Å². The average Bonchev–Trinajstić information content (AvgIpc) is 3.39. The minimum Gasteiger partial charge on any atom is -0.496 e. The maximum atomic E-state index is 13.1. The number of amides is 1. The van der Waals surface area contributed by atoms with Gasteiger partial charge in [0.1, 0.15) is 11.6 Å². The van der Waals surface area contributed by atoms with E-state index < -0.39 is 15.8 Å². The van der Waals surface area contributed by atoms with E-state index in [1.54, 1.807) is 19.2 Å². The zero-order valence-electron chi connectivity index (χ0n) is 19.4. The lowest BCUT2D eigenvalue weighted by atomic mass is 10.0. The minimum absolute atomic E-state index is 0.0145. The van der Waals surface area contributed by atoms with Gasteiger partial charge < -0.3 is 10.1 Å². The molecule has 184 valence electrons. The van der Waals surface area contributed by atoms with Crippen LogP contribution >= 0.6 is 0 Å². The largest absolute Gasteiger partial charge is 0.496 e. The summed E-state index contributed by atoms with van der Waals surface area (Å²) in [5.74, 6) is 0.0190. The van der Waals surface area contributed by atoms with E-state index in [1.807, 2.05) is 24.3 Å². The molecule has 4 rings (SSSR count). The number of anilines is 1. The summed E-state index contributed by atoms with van der Waals surface area (Å²) in [5.41, 5.74) is 1.74. The number of methoxy groups -OCH3 is 1. The van der Waals surface area contributed by atoms with Crippen molar-refractivity contribution >= 4 is 21.6 Å². The first-order valence-electron chi connectivity index (χ1n) is 11.4. The van der Waals surface area contributed by atoms with Crippen molar-refractivity contribution in [2.45, 2.75) is 23.8 Å². The molecule has 0 aliphatic carbocycles. The molecule has 1 aliphatic rings. The van der Waals surface area contributed by atoms with Gasteiger partial charge in [-0.2, -0.15) is 0 Å². The first-order valence-corrected chi connectivity index (χ1v) is 12.9. The van der Waals surface area contributed by atoms with Crippen LogP contribution in [-0.4, -0.2) is 46.0 Å². The highest BCUT2D eigenvalue weighted by Crippen LogP contribution is 2.31. The minimum atomic E-state index is -3.87. The SMILES string of the molecule is COc1ccccc1C(CNC(=O)c1ccc(NS(=O)(=O)c2ccc(F)cc2)cc1)N1CCCC1. The summed E-state index contributed by atoms with van der Waals surface area (Å²) < 4.78 is 46.1. The molecule has 1 amide bonds. The first kappa shape index (κ1) is 24.7. The van der Waals surface area contributed by atoms with Gasteiger partial charge in [-0.3, -0.25) is 14.4 Å². The number of carbonyl (C=O) groups excluding carboxylic acids is 1. The molecule has 3 aromatic rings. The number of sulfonamides is 1. The Kier molecular flexibility index (Phi) is 7.67. The molecular weight excluding hydrogens is 469 g/mol. The van der Waals surface area contributed by atoms with Crippen LogP contribution in [0.3, 0.4) is 0 Å². The fraction of sp³-hybridized carbons (Fsp3) is 0.269. The topological polar surface area (TPSA) is 87.7 Å². The van der Waals surface area contributed by atoms with Gasteiger partial charge in [-0.15, -0.1) is 0 Å². The Morgan fingerprint density at radius 3 is 2.31 bits per heavy atom. The van der Waals surface area contributed by atoms with Crippen LogP contribution < -0.4 is 14.8 Å². The Morgan fingerprint density at radius 2 is 1.66 bits per heavy atom. The predicted molar refractivity (Wildman–Crippen MR) is 133 cm³/mol. The highest BCUT2D eigenvalue weighted by atomic mass is 32.2. The number of para-hydroxylation sites is 1. The number of ether oxygens (including phenoxy) is 1. The van der Waals surface area contributed by atoms with Gasteiger partial charge in [0, 0.05) is 23.4 Å². The summed E-state index contributed by atoms with van der Waals surface area (Å²) in [7, 11) is -2.22. The second-order valence-electron chi connectivity index (χ2n) is 8.35. The molecule has 0 saturated carbocycles. The fourth-order valence-corrected chi connectivity index (χ4v) is 5.30. The van der Waals surface area contributed by atoms with Crippen LogP contribution in [-0.2, 0) is 10.0 Å². The summed E-state index contributed by atoms with van der Waals surface area (Å²) in [5, 5.41) is 3.01. The molecule has 1 aliphatic heterocycles. The molecule has 3 aromatic carbocycles. The molecule has 7 nitrogen and oxygen atoms in total. The molecule has 1 atom stereocenters. The van der Waals surface area contributed by atoms with Crippen molar-refractivity contribution in [2.24, 2.45) is 0 Å². The standard InChI is InChI=1S/C26H28FN3O4S/c1-34-25-7-3-2-6-23(25)24(30-16-4-5-17-30)18-28-26(31)19-8-12-21(13-9-19)29-35(32,33)22-14-10-20(27)11-15-22/h2-3,6-15,24,29H,4-5,16-18H2,1H3,(H,28,31). The lowest BCUT2D eigenvalue weighted by molar-refractivity contribution is 0.0937. The second-order valence-corrected chi connectivity index (χ2v) is 10.0. The number of likely N-dealkylation sites (tertiary alicyclic amines) is 1. The van der Waals surface area contributed by atoms with E-state index in [4.69, 9.17) is 4.74 Å². The Hall–Kier alpha value is -3.43. The summed E-state index contributed by atoms with van der Waals surface area (Å²) >= 11 is 0. The smallest absolute Gasteiger partial charge is 0.261 e. The van der Waals surface area contributed by atoms with Gasteiger partial charge in [0.25, 0.3) is 15.9 Å². The molecule has 1 saturated heterocycles. The Balaban J connectivity index is 1.43. The highest BCUT2D eigenvalue weighted by Gasteiger charge is 2.26. The molecule has 0 aromatic heterocycles. The van der Waals surface area contributed by atoms with Gasteiger partial charge in [-0.05, 0) is 80.5 Å². The van der Waals surface area contributed by atoms with Gasteiger partial charge in [0.2, 0.25) is 0 Å². The van der Waals surface area contributed by atoms with Crippen LogP contribution in [0, 0.1) is 5.82 Å². The Labute approximate surface area is 205 Å². The number of nitrogens with one attached hydrogen (secondary N) is 2. The maximum absolute atomic E-state index is 13.1. The van der Waals surface area contributed by atoms with Gasteiger partial charge >= 0.3 is 0 Å². The number of hydrogen-bond donors (Lipinski definition) is 2. The van der Waals surface area contributed by atoms with E-state index in [0.29, 0.717) is 17.8 Å². The Bertz CT molecular complexity index is 1260. The highest BCUT2D eigenvalue weighted by molar-refractivity contribution is 7.92. The number of rotatable bonds is 9. The van der Waals surface area contributed by atoms with Crippen molar-refractivity contribution < 1.29 is 22.3 Å². The van der Waals surface area contributed by atoms with E-state index >= 15 is 0 Å². The third-order valence-electron chi connectivity index (χ3n) is 6.06. The lowest BCUT2D eigenvalue weighted by Crippen LogP contribution is -2.37. The first-order chi connectivity index (χ1) is 16.9. The average molecular weight is 498 g/mol. The maximum Gasteiger partial charge on any atom is 0.261 e. The number of halogens is 1. The van der Waals surface area contributed by atoms with Gasteiger partial charge in [0.05, 0.1) is 18.0 Å². The number of benzene rings is 3. The van der Waals surface area contributed by atoms with Gasteiger partial charge in [0.15, 0.2) is 0 Å². The zero-order chi connectivity index (χ0) is 24.8. The van der Waals surface area contributed by atoms with E-state index in [0.717, 1.165) is 49.4 Å². The predicted octanol–water partition coefficient (Wildman–Crippen LogP) is 4.20. The van der Waals surface area contributed by atoms with Crippen molar-refractivity contribution in [1.82, 2.24) is 10.2 Å². The number of nitrogens with zero attached hydrogens (tertiary/aromatic N) is 1. The summed E-state index contributed by atoms with van der Waals surface area (Å²) in [6.45, 7) is 2.33. The van der Waals surface area contributed by atoms with E-state index in [9.17, 15) is 17.6 Å². The van der Waals surface area contributed by atoms with Crippen LogP contribution in [0.4, 0.5) is 10.1 Å². The molecule has 0 bridgehead atoms. The third-order valence-corrected chi connectivity index (χ3v) is 7.46. The molecule has 35 heavy (non-hydrogen) atoms.